The first-order valence-electron chi connectivity index (χ1n) is 3.99. The monoisotopic (exact) mass is 184 g/mol. The van der Waals surface area contributed by atoms with Crippen molar-refractivity contribution in [1.29, 1.82) is 5.26 Å². The number of hydrogen-bond donors (Lipinski definition) is 0. The van der Waals surface area contributed by atoms with Crippen molar-refractivity contribution in [3.8, 4) is 6.07 Å². The normalized spacial score (nSPS) is 21.8. The standard InChI is InChI=1S/C8H12N2OS/c1-10(5-4-9)8(11)7-3-2-6-12-7/h7H,2-3,5-6H2,1H3. The van der Waals surface area contributed by atoms with Crippen LogP contribution in [0.15, 0.2) is 0 Å². The fraction of sp³-hybridized carbons (Fsp3) is 0.750. The van der Waals surface area contributed by atoms with Crippen LogP contribution >= 0.6 is 11.8 Å². The fourth-order valence-electron chi connectivity index (χ4n) is 1.20. The van der Waals surface area contributed by atoms with Crippen LogP contribution in [0.3, 0.4) is 0 Å². The zero-order valence-electron chi connectivity index (χ0n) is 7.12. The highest BCUT2D eigenvalue weighted by atomic mass is 32.2. The summed E-state index contributed by atoms with van der Waals surface area (Å²) in [6, 6.07) is 1.97. The predicted octanol–water partition coefficient (Wildman–Crippen LogP) is 0.864. The minimum atomic E-state index is 0.110. The average molecular weight is 184 g/mol. The van der Waals surface area contributed by atoms with Crippen LogP contribution in [0, 0.1) is 11.3 Å². The van der Waals surface area contributed by atoms with Gasteiger partial charge in [-0.15, -0.1) is 11.8 Å². The van der Waals surface area contributed by atoms with Crippen LogP contribution < -0.4 is 0 Å². The summed E-state index contributed by atoms with van der Waals surface area (Å²) in [5, 5.41) is 8.49. The second-order valence-corrected chi connectivity index (χ2v) is 4.16. The highest BCUT2D eigenvalue weighted by molar-refractivity contribution is 8.00. The highest BCUT2D eigenvalue weighted by Crippen LogP contribution is 2.27. The molecule has 1 aliphatic rings. The SMILES string of the molecule is CN(CC#N)C(=O)C1CCCS1. The maximum Gasteiger partial charge on any atom is 0.236 e. The molecule has 66 valence electrons. The van der Waals surface area contributed by atoms with E-state index in [0.29, 0.717) is 0 Å². The minimum absolute atomic E-state index is 0.110. The molecule has 0 bridgehead atoms. The van der Waals surface area contributed by atoms with E-state index in [-0.39, 0.29) is 17.7 Å². The number of nitriles is 1. The van der Waals surface area contributed by atoms with Crippen LogP contribution in [-0.2, 0) is 4.79 Å². The van der Waals surface area contributed by atoms with Gasteiger partial charge in [0.15, 0.2) is 0 Å². The van der Waals surface area contributed by atoms with E-state index in [1.165, 1.54) is 4.90 Å². The Morgan fingerprint density at radius 1 is 1.83 bits per heavy atom. The number of amides is 1. The molecular formula is C8H12N2OS. The average Bonchev–Trinajstić information content (AvgIpc) is 2.55. The molecule has 0 aliphatic carbocycles. The Kier molecular flexibility index (Phi) is 3.42. The van der Waals surface area contributed by atoms with Gasteiger partial charge in [-0.05, 0) is 18.6 Å². The molecule has 1 unspecified atom stereocenters. The number of thioether (sulfide) groups is 1. The Bertz CT molecular complexity index is 206. The second-order valence-electron chi connectivity index (χ2n) is 2.85. The van der Waals surface area contributed by atoms with Crippen molar-refractivity contribution in [3.05, 3.63) is 0 Å². The summed E-state index contributed by atoms with van der Waals surface area (Å²) in [4.78, 5) is 13.0. The van der Waals surface area contributed by atoms with Crippen molar-refractivity contribution in [2.75, 3.05) is 19.3 Å². The molecule has 1 heterocycles. The van der Waals surface area contributed by atoms with Gasteiger partial charge >= 0.3 is 0 Å². The Morgan fingerprint density at radius 2 is 2.58 bits per heavy atom. The van der Waals surface area contributed by atoms with Gasteiger partial charge in [-0.25, -0.2) is 0 Å². The lowest BCUT2D eigenvalue weighted by atomic mass is 10.2. The van der Waals surface area contributed by atoms with Crippen molar-refractivity contribution in [1.82, 2.24) is 4.90 Å². The molecule has 0 spiro atoms. The van der Waals surface area contributed by atoms with E-state index in [2.05, 4.69) is 0 Å². The van der Waals surface area contributed by atoms with Crippen LogP contribution in [0.2, 0.25) is 0 Å². The Hall–Kier alpha value is -0.690. The molecule has 1 atom stereocenters. The van der Waals surface area contributed by atoms with Gasteiger partial charge in [0.25, 0.3) is 0 Å². The lowest BCUT2D eigenvalue weighted by molar-refractivity contribution is -0.128. The smallest absolute Gasteiger partial charge is 0.236 e. The van der Waals surface area contributed by atoms with E-state index < -0.39 is 0 Å². The highest BCUT2D eigenvalue weighted by Gasteiger charge is 2.25. The fourth-order valence-corrected chi connectivity index (χ4v) is 2.48. The number of carbonyl (C=O) groups is 1. The molecule has 1 aliphatic heterocycles. The lowest BCUT2D eigenvalue weighted by Gasteiger charge is -2.16. The first kappa shape index (κ1) is 9.40. The quantitative estimate of drug-likeness (QED) is 0.598. The molecule has 12 heavy (non-hydrogen) atoms. The summed E-state index contributed by atoms with van der Waals surface area (Å²) in [6.07, 6.45) is 2.10. The first-order chi connectivity index (χ1) is 5.75. The largest absolute Gasteiger partial charge is 0.331 e. The Morgan fingerprint density at radius 3 is 3.08 bits per heavy atom. The zero-order valence-corrected chi connectivity index (χ0v) is 7.93. The predicted molar refractivity (Wildman–Crippen MR) is 48.7 cm³/mol. The van der Waals surface area contributed by atoms with E-state index in [1.807, 2.05) is 6.07 Å². The Balaban J connectivity index is 2.41. The molecule has 4 heteroatoms. The molecule has 1 fully saturated rings. The molecule has 1 rings (SSSR count). The molecule has 1 saturated heterocycles. The van der Waals surface area contributed by atoms with Crippen molar-refractivity contribution in [2.45, 2.75) is 18.1 Å². The van der Waals surface area contributed by atoms with Gasteiger partial charge in [0.2, 0.25) is 5.91 Å². The van der Waals surface area contributed by atoms with Gasteiger partial charge in [0.05, 0.1) is 11.3 Å². The summed E-state index contributed by atoms with van der Waals surface area (Å²) in [6.45, 7) is 0.204. The summed E-state index contributed by atoms with van der Waals surface area (Å²) in [7, 11) is 1.68. The van der Waals surface area contributed by atoms with Gasteiger partial charge < -0.3 is 4.90 Å². The number of carbonyl (C=O) groups excluding carboxylic acids is 1. The van der Waals surface area contributed by atoms with Crippen LogP contribution in [0.5, 0.6) is 0 Å². The van der Waals surface area contributed by atoms with Crippen LogP contribution in [0.4, 0.5) is 0 Å². The van der Waals surface area contributed by atoms with E-state index >= 15 is 0 Å². The third-order valence-corrected chi connectivity index (χ3v) is 3.25. The van der Waals surface area contributed by atoms with Gasteiger partial charge in [-0.2, -0.15) is 5.26 Å². The van der Waals surface area contributed by atoms with Gasteiger partial charge in [-0.3, -0.25) is 4.79 Å². The van der Waals surface area contributed by atoms with Gasteiger partial charge in [0.1, 0.15) is 6.54 Å². The molecule has 3 nitrogen and oxygen atoms in total. The van der Waals surface area contributed by atoms with Gasteiger partial charge in [0, 0.05) is 7.05 Å². The van der Waals surface area contributed by atoms with Crippen LogP contribution in [0.25, 0.3) is 0 Å². The number of hydrogen-bond acceptors (Lipinski definition) is 3. The van der Waals surface area contributed by atoms with E-state index in [4.69, 9.17) is 5.26 Å². The maximum atomic E-state index is 11.5. The molecule has 0 aromatic heterocycles. The van der Waals surface area contributed by atoms with E-state index in [1.54, 1.807) is 18.8 Å². The Labute approximate surface area is 76.7 Å². The molecule has 0 N–H and O–H groups in total. The molecule has 0 aromatic rings. The molecule has 0 radical (unpaired) electrons. The van der Waals surface area contributed by atoms with Crippen LogP contribution in [-0.4, -0.2) is 35.4 Å². The van der Waals surface area contributed by atoms with Crippen LogP contribution in [0.1, 0.15) is 12.8 Å². The topological polar surface area (TPSA) is 44.1 Å². The van der Waals surface area contributed by atoms with Crippen molar-refractivity contribution in [2.24, 2.45) is 0 Å². The third-order valence-electron chi connectivity index (χ3n) is 1.89. The molecule has 0 aromatic carbocycles. The molecule has 1 amide bonds. The summed E-state index contributed by atoms with van der Waals surface area (Å²) in [5.41, 5.74) is 0. The number of rotatable bonds is 2. The molecular weight excluding hydrogens is 172 g/mol. The summed E-state index contributed by atoms with van der Waals surface area (Å²) < 4.78 is 0. The zero-order chi connectivity index (χ0) is 8.97. The van der Waals surface area contributed by atoms with E-state index in [9.17, 15) is 4.79 Å². The first-order valence-corrected chi connectivity index (χ1v) is 5.04. The van der Waals surface area contributed by atoms with Gasteiger partial charge in [-0.1, -0.05) is 0 Å². The third kappa shape index (κ3) is 2.15. The lowest BCUT2D eigenvalue weighted by Crippen LogP contribution is -2.33. The maximum absolute atomic E-state index is 11.5. The second kappa shape index (κ2) is 4.36. The minimum Gasteiger partial charge on any atom is -0.331 e. The summed E-state index contributed by atoms with van der Waals surface area (Å²) >= 11 is 1.70. The van der Waals surface area contributed by atoms with Crippen molar-refractivity contribution < 1.29 is 4.79 Å². The summed E-state index contributed by atoms with van der Waals surface area (Å²) in [5.74, 6) is 1.19. The molecule has 0 saturated carbocycles. The number of nitrogens with zero attached hydrogens (tertiary/aromatic N) is 2. The van der Waals surface area contributed by atoms with Crippen molar-refractivity contribution in [3.63, 3.8) is 0 Å². The van der Waals surface area contributed by atoms with E-state index in [0.717, 1.165) is 18.6 Å². The van der Waals surface area contributed by atoms with Crippen molar-refractivity contribution >= 4 is 17.7 Å².